The SMILES string of the molecule is CC(C)(C)OC(=O)[C@@H]1CCCc2nn(Cc3cnc(C(F)(F)F)c(Cl)c3)c(=O)n21. The van der Waals surface area contributed by atoms with E-state index in [2.05, 4.69) is 10.1 Å². The van der Waals surface area contributed by atoms with Gasteiger partial charge >= 0.3 is 17.8 Å². The number of fused-ring (bicyclic) bond motifs is 1. The van der Waals surface area contributed by atoms with E-state index >= 15 is 0 Å². The van der Waals surface area contributed by atoms with Gasteiger partial charge in [-0.15, -0.1) is 0 Å². The molecule has 1 aliphatic rings. The van der Waals surface area contributed by atoms with Crippen molar-refractivity contribution in [3.8, 4) is 0 Å². The molecule has 0 unspecified atom stereocenters. The van der Waals surface area contributed by atoms with Gasteiger partial charge in [0, 0.05) is 12.6 Å². The first-order valence-electron chi connectivity index (χ1n) is 8.99. The van der Waals surface area contributed by atoms with Crippen LogP contribution in [-0.2, 0) is 28.7 Å². The average Bonchev–Trinajstić information content (AvgIpc) is 2.88. The third-order valence-electron chi connectivity index (χ3n) is 4.31. The van der Waals surface area contributed by atoms with Crippen molar-refractivity contribution in [3.63, 3.8) is 0 Å². The third kappa shape index (κ3) is 4.63. The Bertz CT molecular complexity index is 992. The summed E-state index contributed by atoms with van der Waals surface area (Å²) in [5.74, 6) is -0.0811. The van der Waals surface area contributed by atoms with Gasteiger partial charge in [-0.05, 0) is 45.2 Å². The summed E-state index contributed by atoms with van der Waals surface area (Å²) in [6, 6.07) is 0.321. The number of ether oxygens (including phenoxy) is 1. The summed E-state index contributed by atoms with van der Waals surface area (Å²) in [5, 5.41) is 3.69. The van der Waals surface area contributed by atoms with Gasteiger partial charge < -0.3 is 4.74 Å². The zero-order valence-corrected chi connectivity index (χ0v) is 16.8. The van der Waals surface area contributed by atoms with Gasteiger partial charge in [-0.1, -0.05) is 11.6 Å². The van der Waals surface area contributed by atoms with Crippen LogP contribution in [0.4, 0.5) is 13.2 Å². The van der Waals surface area contributed by atoms with E-state index in [0.29, 0.717) is 25.1 Å². The Morgan fingerprint density at radius 2 is 2.03 bits per heavy atom. The quantitative estimate of drug-likeness (QED) is 0.695. The van der Waals surface area contributed by atoms with Gasteiger partial charge in [0.2, 0.25) is 0 Å². The summed E-state index contributed by atoms with van der Waals surface area (Å²) in [5.41, 5.74) is -2.14. The molecule has 0 aliphatic carbocycles. The number of halogens is 4. The Balaban J connectivity index is 1.90. The fraction of sp³-hybridized carbons (Fsp3) is 0.556. The molecule has 0 radical (unpaired) electrons. The van der Waals surface area contributed by atoms with Crippen molar-refractivity contribution in [2.24, 2.45) is 0 Å². The highest BCUT2D eigenvalue weighted by Gasteiger charge is 2.36. The first-order chi connectivity index (χ1) is 13.4. The Kier molecular flexibility index (Phi) is 5.50. The van der Waals surface area contributed by atoms with Crippen molar-refractivity contribution in [3.05, 3.63) is 44.9 Å². The molecule has 7 nitrogen and oxygen atoms in total. The predicted molar refractivity (Wildman–Crippen MR) is 97.7 cm³/mol. The highest BCUT2D eigenvalue weighted by Crippen LogP contribution is 2.33. The fourth-order valence-corrected chi connectivity index (χ4v) is 3.47. The van der Waals surface area contributed by atoms with Crippen LogP contribution in [0.2, 0.25) is 5.02 Å². The number of esters is 1. The molecule has 1 aliphatic heterocycles. The van der Waals surface area contributed by atoms with Crippen molar-refractivity contribution in [2.45, 2.75) is 64.4 Å². The third-order valence-corrected chi connectivity index (χ3v) is 4.60. The van der Waals surface area contributed by atoms with Crippen LogP contribution in [0, 0.1) is 0 Å². The van der Waals surface area contributed by atoms with Gasteiger partial charge in [-0.2, -0.15) is 18.3 Å². The van der Waals surface area contributed by atoms with Gasteiger partial charge in [0.15, 0.2) is 5.69 Å². The molecule has 11 heteroatoms. The smallest absolute Gasteiger partial charge is 0.434 e. The first kappa shape index (κ1) is 21.4. The lowest BCUT2D eigenvalue weighted by atomic mass is 10.0. The monoisotopic (exact) mass is 432 g/mol. The number of alkyl halides is 3. The molecule has 2 aromatic rings. The van der Waals surface area contributed by atoms with Gasteiger partial charge in [0.05, 0.1) is 11.6 Å². The molecule has 0 fully saturated rings. The zero-order chi connectivity index (χ0) is 21.6. The predicted octanol–water partition coefficient (Wildman–Crippen LogP) is 3.38. The molecule has 3 rings (SSSR count). The fourth-order valence-electron chi connectivity index (χ4n) is 3.17. The molecular formula is C18H20ClF3N4O3. The van der Waals surface area contributed by atoms with Crippen LogP contribution < -0.4 is 5.69 Å². The van der Waals surface area contributed by atoms with Crippen molar-refractivity contribution in [1.82, 2.24) is 19.3 Å². The number of hydrogen-bond acceptors (Lipinski definition) is 5. The topological polar surface area (TPSA) is 79.0 Å². The minimum atomic E-state index is -4.67. The molecular weight excluding hydrogens is 413 g/mol. The van der Waals surface area contributed by atoms with Crippen molar-refractivity contribution < 1.29 is 22.7 Å². The van der Waals surface area contributed by atoms with E-state index in [1.165, 1.54) is 4.57 Å². The summed E-state index contributed by atoms with van der Waals surface area (Å²) in [6.45, 7) is 5.09. The van der Waals surface area contributed by atoms with Gasteiger partial charge in [0.1, 0.15) is 17.5 Å². The standard InChI is InChI=1S/C18H20ClF3N4O3/c1-17(2,3)29-15(27)12-5-4-6-13-24-25(16(28)26(12)13)9-10-7-11(19)14(23-8-10)18(20,21)22/h7-8,12H,4-6,9H2,1-3H3/t12-/m0/s1. The van der Waals surface area contributed by atoms with Crippen LogP contribution in [0.5, 0.6) is 0 Å². The number of aryl methyl sites for hydroxylation is 1. The van der Waals surface area contributed by atoms with Crippen molar-refractivity contribution in [1.29, 1.82) is 0 Å². The van der Waals surface area contributed by atoms with E-state index in [1.807, 2.05) is 0 Å². The average molecular weight is 433 g/mol. The molecule has 0 saturated heterocycles. The molecule has 0 aromatic carbocycles. The number of pyridine rings is 1. The summed E-state index contributed by atoms with van der Waals surface area (Å²) >= 11 is 5.69. The van der Waals surface area contributed by atoms with Crippen molar-refractivity contribution in [2.75, 3.05) is 0 Å². The summed E-state index contributed by atoms with van der Waals surface area (Å²) in [4.78, 5) is 28.7. The Morgan fingerprint density at radius 3 is 2.62 bits per heavy atom. The number of rotatable bonds is 3. The highest BCUT2D eigenvalue weighted by molar-refractivity contribution is 6.31. The maximum Gasteiger partial charge on any atom is 0.434 e. The van der Waals surface area contributed by atoms with Crippen molar-refractivity contribution >= 4 is 17.6 Å². The van der Waals surface area contributed by atoms with E-state index in [9.17, 15) is 22.8 Å². The van der Waals surface area contributed by atoms with E-state index in [-0.39, 0.29) is 12.1 Å². The van der Waals surface area contributed by atoms with Crippen LogP contribution in [0.25, 0.3) is 0 Å². The minimum Gasteiger partial charge on any atom is -0.458 e. The van der Waals surface area contributed by atoms with Gasteiger partial charge in [0.25, 0.3) is 0 Å². The van der Waals surface area contributed by atoms with Crippen LogP contribution in [0.1, 0.15) is 56.7 Å². The normalized spacial score (nSPS) is 17.1. The molecule has 0 bridgehead atoms. The lowest BCUT2D eigenvalue weighted by Crippen LogP contribution is -2.38. The van der Waals surface area contributed by atoms with Crippen LogP contribution in [0.15, 0.2) is 17.1 Å². The molecule has 0 amide bonds. The maximum absolute atomic E-state index is 12.8. The Hall–Kier alpha value is -2.36. The minimum absolute atomic E-state index is 0.120. The summed E-state index contributed by atoms with van der Waals surface area (Å²) in [6.07, 6.45) is -2.05. The summed E-state index contributed by atoms with van der Waals surface area (Å²) < 4.78 is 46.2. The number of carbonyl (C=O) groups is 1. The molecule has 0 saturated carbocycles. The number of aromatic nitrogens is 4. The molecule has 2 aromatic heterocycles. The number of hydrogen-bond donors (Lipinski definition) is 0. The van der Waals surface area contributed by atoms with Crippen LogP contribution >= 0.6 is 11.6 Å². The number of nitrogens with zero attached hydrogens (tertiary/aromatic N) is 4. The molecule has 29 heavy (non-hydrogen) atoms. The molecule has 0 spiro atoms. The maximum atomic E-state index is 12.8. The second-order valence-electron chi connectivity index (χ2n) is 7.84. The van der Waals surface area contributed by atoms with Gasteiger partial charge in [-0.25, -0.2) is 19.3 Å². The molecule has 3 heterocycles. The lowest BCUT2D eigenvalue weighted by Gasteiger charge is -2.26. The van der Waals surface area contributed by atoms with Crippen LogP contribution in [0.3, 0.4) is 0 Å². The number of carbonyl (C=O) groups excluding carboxylic acids is 1. The first-order valence-corrected chi connectivity index (χ1v) is 9.37. The molecule has 158 valence electrons. The molecule has 0 N–H and O–H groups in total. The second-order valence-corrected chi connectivity index (χ2v) is 8.25. The van der Waals surface area contributed by atoms with E-state index in [1.54, 1.807) is 20.8 Å². The van der Waals surface area contributed by atoms with E-state index in [4.69, 9.17) is 16.3 Å². The highest BCUT2D eigenvalue weighted by atomic mass is 35.5. The Labute approximate surface area is 169 Å². The van der Waals surface area contributed by atoms with Gasteiger partial charge in [-0.3, -0.25) is 4.57 Å². The second kappa shape index (κ2) is 7.47. The molecule has 1 atom stereocenters. The largest absolute Gasteiger partial charge is 0.458 e. The van der Waals surface area contributed by atoms with Crippen LogP contribution in [-0.4, -0.2) is 30.9 Å². The summed E-state index contributed by atoms with van der Waals surface area (Å²) in [7, 11) is 0. The lowest BCUT2D eigenvalue weighted by molar-refractivity contribution is -0.159. The van der Waals surface area contributed by atoms with E-state index < -0.39 is 40.2 Å². The Morgan fingerprint density at radius 1 is 1.34 bits per heavy atom. The van der Waals surface area contributed by atoms with E-state index in [0.717, 1.165) is 16.9 Å². The zero-order valence-electron chi connectivity index (χ0n) is 16.1.